The summed E-state index contributed by atoms with van der Waals surface area (Å²) >= 11 is 0. The molecule has 0 saturated heterocycles. The van der Waals surface area contributed by atoms with Crippen molar-refractivity contribution in [2.75, 3.05) is 0 Å². The molecule has 0 N–H and O–H groups in total. The second-order valence-corrected chi connectivity index (χ2v) is 7.80. The number of allylic oxidation sites excluding steroid dienone is 2. The Balaban J connectivity index is 0.000000195. The zero-order valence-electron chi connectivity index (χ0n) is 17.4. The third kappa shape index (κ3) is 3.88. The third-order valence-electron chi connectivity index (χ3n) is 6.48. The van der Waals surface area contributed by atoms with Gasteiger partial charge in [0.2, 0.25) is 0 Å². The van der Waals surface area contributed by atoms with Crippen LogP contribution in [0.4, 0.5) is 0 Å². The molecule has 0 amide bonds. The van der Waals surface area contributed by atoms with E-state index in [-0.39, 0.29) is 25.8 Å². The van der Waals surface area contributed by atoms with Crippen LogP contribution in [0.1, 0.15) is 76.3 Å². The fourth-order valence-electron chi connectivity index (χ4n) is 4.40. The zero-order valence-corrected chi connectivity index (χ0v) is 21.0. The van der Waals surface area contributed by atoms with Crippen LogP contribution in [0.15, 0.2) is 12.1 Å². The predicted octanol–water partition coefficient (Wildman–Crippen LogP) is 6.66. The summed E-state index contributed by atoms with van der Waals surface area (Å²) < 4.78 is 0. The average molecular weight is 511 g/mol. The first-order valence-corrected chi connectivity index (χ1v) is 9.89. The van der Waals surface area contributed by atoms with E-state index in [1.807, 2.05) is 0 Å². The second-order valence-electron chi connectivity index (χ2n) is 7.80. The van der Waals surface area contributed by atoms with Crippen LogP contribution in [-0.4, -0.2) is 0 Å². The zero-order chi connectivity index (χ0) is 18.1. The van der Waals surface area contributed by atoms with Gasteiger partial charge in [-0.2, -0.15) is 33.4 Å². The Bertz CT molecular complexity index is 737. The molecule has 0 aliphatic heterocycles. The maximum atomic E-state index is 3.57. The van der Waals surface area contributed by atoms with E-state index in [1.165, 1.54) is 71.1 Å². The number of hydrogen-bond acceptors (Lipinski definition) is 0. The molecule has 4 rings (SSSR count). The Kier molecular flexibility index (Phi) is 7.36. The summed E-state index contributed by atoms with van der Waals surface area (Å²) in [6.45, 7) is 13.3. The fourth-order valence-corrected chi connectivity index (χ4v) is 4.40. The van der Waals surface area contributed by atoms with Gasteiger partial charge in [-0.05, 0) is 19.3 Å². The van der Waals surface area contributed by atoms with Crippen molar-refractivity contribution in [3.05, 3.63) is 68.3 Å². The molecule has 2 aromatic rings. The van der Waals surface area contributed by atoms with Gasteiger partial charge in [-0.1, -0.05) is 72.1 Å². The molecule has 138 valence electrons. The monoisotopic (exact) mass is 512 g/mol. The largest absolute Gasteiger partial charge is 0.268 e. The second kappa shape index (κ2) is 8.91. The number of fused-ring (bicyclic) bond motifs is 3. The number of rotatable bonds is 2. The van der Waals surface area contributed by atoms with E-state index in [4.69, 9.17) is 0 Å². The molecule has 0 fully saturated rings. The third-order valence-corrected chi connectivity index (χ3v) is 6.48. The number of benzene rings is 1. The Hall–Kier alpha value is -0.820. The van der Waals surface area contributed by atoms with Crippen molar-refractivity contribution in [2.24, 2.45) is 0 Å². The molecule has 2 aliphatic carbocycles. The molecular weight excluding hydrogens is 479 g/mol. The molecule has 0 aromatic heterocycles. The Morgan fingerprint density at radius 3 is 2.12 bits per heavy atom. The van der Waals surface area contributed by atoms with Gasteiger partial charge >= 0.3 is 0 Å². The van der Waals surface area contributed by atoms with E-state index in [0.29, 0.717) is 0 Å². The van der Waals surface area contributed by atoms with Crippen molar-refractivity contribution in [3.8, 4) is 0 Å². The maximum absolute atomic E-state index is 3.57. The van der Waals surface area contributed by atoms with E-state index in [1.54, 1.807) is 16.7 Å². The smallest absolute Gasteiger partial charge is 0 e. The molecule has 0 saturated carbocycles. The number of aryl methyl sites for hydroxylation is 1. The molecule has 1 heteroatoms. The Morgan fingerprint density at radius 1 is 0.962 bits per heavy atom. The summed E-state index contributed by atoms with van der Waals surface area (Å²) in [5, 5.41) is 0. The molecule has 26 heavy (non-hydrogen) atoms. The van der Waals surface area contributed by atoms with Crippen LogP contribution in [0.2, 0.25) is 0 Å². The predicted molar refractivity (Wildman–Crippen MR) is 109 cm³/mol. The van der Waals surface area contributed by atoms with Crippen molar-refractivity contribution >= 4 is 5.57 Å². The van der Waals surface area contributed by atoms with E-state index in [0.717, 1.165) is 6.42 Å². The summed E-state index contributed by atoms with van der Waals surface area (Å²) in [7, 11) is 0. The number of hydrogen-bond donors (Lipinski definition) is 0. The van der Waals surface area contributed by atoms with Crippen molar-refractivity contribution in [1.82, 2.24) is 0 Å². The molecule has 0 radical (unpaired) electrons. The first-order chi connectivity index (χ1) is 12.0. The van der Waals surface area contributed by atoms with Gasteiger partial charge in [0.25, 0.3) is 0 Å². The minimum absolute atomic E-state index is 0. The van der Waals surface area contributed by atoms with Crippen LogP contribution in [-0.2, 0) is 45.1 Å². The first kappa shape index (κ1) is 21.5. The van der Waals surface area contributed by atoms with Crippen molar-refractivity contribution in [1.29, 1.82) is 0 Å². The molecule has 0 heterocycles. The van der Waals surface area contributed by atoms with E-state index in [2.05, 4.69) is 59.8 Å². The minimum Gasteiger partial charge on any atom is -0.268 e. The molecule has 0 atom stereocenters. The Morgan fingerprint density at radius 2 is 1.58 bits per heavy atom. The van der Waals surface area contributed by atoms with Gasteiger partial charge in [0.1, 0.15) is 0 Å². The van der Waals surface area contributed by atoms with Gasteiger partial charge in [0.15, 0.2) is 0 Å². The van der Waals surface area contributed by atoms with Gasteiger partial charge in [-0.15, -0.1) is 17.5 Å². The van der Waals surface area contributed by atoms with Gasteiger partial charge in [0.05, 0.1) is 0 Å². The van der Waals surface area contributed by atoms with Gasteiger partial charge in [0, 0.05) is 25.8 Å². The average Bonchev–Trinajstić information content (AvgIpc) is 3.28. The van der Waals surface area contributed by atoms with E-state index >= 15 is 0 Å². The van der Waals surface area contributed by atoms with Crippen LogP contribution in [0, 0.1) is 40.7 Å². The van der Waals surface area contributed by atoms with E-state index in [9.17, 15) is 0 Å². The summed E-state index contributed by atoms with van der Waals surface area (Å²) in [6, 6.07) is 4.67. The summed E-state index contributed by atoms with van der Waals surface area (Å²) in [6.07, 6.45) is 11.0. The van der Waals surface area contributed by atoms with Crippen LogP contribution in [0.5, 0.6) is 0 Å². The summed E-state index contributed by atoms with van der Waals surface area (Å²) in [5.41, 5.74) is 15.2. The summed E-state index contributed by atoms with van der Waals surface area (Å²) in [5.74, 6) is 0. The molecule has 0 unspecified atom stereocenters. The fraction of sp³-hybridized carbons (Fsp3) is 0.480. The molecule has 0 nitrogen and oxygen atoms in total. The first-order valence-electron chi connectivity index (χ1n) is 9.89. The van der Waals surface area contributed by atoms with Crippen molar-refractivity contribution in [2.45, 2.75) is 80.1 Å². The molecule has 0 bridgehead atoms. The van der Waals surface area contributed by atoms with Crippen molar-refractivity contribution in [3.63, 3.8) is 0 Å². The van der Waals surface area contributed by atoms with Crippen LogP contribution in [0.3, 0.4) is 0 Å². The SMILES string of the molecule is CCCC1=[C-]Cc2ccc3c(c21)CCC3.Cc1c(C)c(C)[c-](C)c1C.[Hf]. The normalized spacial score (nSPS) is 14.2. The maximum Gasteiger partial charge on any atom is 0 e. The van der Waals surface area contributed by atoms with Gasteiger partial charge < -0.3 is 0 Å². The molecule has 2 aromatic carbocycles. The Labute approximate surface area is 179 Å². The molecular formula is C25H32Hf-2. The van der Waals surface area contributed by atoms with Crippen molar-refractivity contribution < 1.29 is 25.8 Å². The van der Waals surface area contributed by atoms with Gasteiger partial charge in [-0.25, -0.2) is 5.57 Å². The summed E-state index contributed by atoms with van der Waals surface area (Å²) in [4.78, 5) is 0. The quantitative estimate of drug-likeness (QED) is 0.313. The standard InChI is InChI=1S/C15H17.C10H15.Hf/c1-2-4-12-9-10-13-8-7-11-5-3-6-14(11)15(12)13;1-6-7(2)9(4)10(5)8(6)3;/h7-8H,2-6,10H2,1H3;1-5H3;/q2*-1;. The molecule has 0 spiro atoms. The van der Waals surface area contributed by atoms with Gasteiger partial charge in [-0.3, -0.25) is 6.08 Å². The van der Waals surface area contributed by atoms with Crippen LogP contribution < -0.4 is 0 Å². The van der Waals surface area contributed by atoms with Crippen LogP contribution in [0.25, 0.3) is 5.57 Å². The molecule has 2 aliphatic rings. The minimum atomic E-state index is 0. The van der Waals surface area contributed by atoms with Crippen LogP contribution >= 0.6 is 0 Å². The van der Waals surface area contributed by atoms with E-state index < -0.39 is 0 Å². The topological polar surface area (TPSA) is 0 Å².